The quantitative estimate of drug-likeness (QED) is 0.662. The summed E-state index contributed by atoms with van der Waals surface area (Å²) in [7, 11) is 0. The van der Waals surface area contributed by atoms with Crippen molar-refractivity contribution in [1.82, 2.24) is 14.1 Å². The SMILES string of the molecule is C[C@H](N[S@@+]([O-])C(C)(C)C)c1ncn2c1sc1cc(C(F)(F)F)ccc12. The normalized spacial score (nSPS) is 15.8. The smallest absolute Gasteiger partial charge is 0.416 e. The van der Waals surface area contributed by atoms with E-state index in [1.165, 1.54) is 17.4 Å². The van der Waals surface area contributed by atoms with Gasteiger partial charge in [-0.2, -0.15) is 13.2 Å². The van der Waals surface area contributed by atoms with Gasteiger partial charge in [-0.15, -0.1) is 16.1 Å². The molecule has 136 valence electrons. The molecule has 0 aliphatic carbocycles. The van der Waals surface area contributed by atoms with E-state index in [0.29, 0.717) is 15.9 Å². The van der Waals surface area contributed by atoms with Crippen molar-refractivity contribution in [2.45, 2.75) is 44.7 Å². The van der Waals surface area contributed by atoms with Crippen LogP contribution in [0.1, 0.15) is 45.0 Å². The molecule has 0 bridgehead atoms. The fourth-order valence-electron chi connectivity index (χ4n) is 2.39. The summed E-state index contributed by atoms with van der Waals surface area (Å²) in [6.07, 6.45) is -2.78. The second-order valence-corrected chi connectivity index (χ2v) is 9.84. The van der Waals surface area contributed by atoms with Crippen LogP contribution in [0.2, 0.25) is 0 Å². The highest BCUT2D eigenvalue weighted by molar-refractivity contribution is 7.90. The van der Waals surface area contributed by atoms with E-state index >= 15 is 0 Å². The van der Waals surface area contributed by atoms with Gasteiger partial charge in [0.25, 0.3) is 0 Å². The maximum absolute atomic E-state index is 12.9. The minimum Gasteiger partial charge on any atom is -0.598 e. The minimum atomic E-state index is -4.37. The van der Waals surface area contributed by atoms with Crippen molar-refractivity contribution in [2.75, 3.05) is 0 Å². The second-order valence-electron chi connectivity index (χ2n) is 6.81. The zero-order valence-corrected chi connectivity index (χ0v) is 15.8. The molecule has 9 heteroatoms. The van der Waals surface area contributed by atoms with Gasteiger partial charge in [0, 0.05) is 11.4 Å². The monoisotopic (exact) mass is 389 g/mol. The largest absolute Gasteiger partial charge is 0.598 e. The average Bonchev–Trinajstić information content (AvgIpc) is 3.02. The van der Waals surface area contributed by atoms with Crippen molar-refractivity contribution in [1.29, 1.82) is 0 Å². The van der Waals surface area contributed by atoms with Crippen molar-refractivity contribution < 1.29 is 17.7 Å². The maximum Gasteiger partial charge on any atom is 0.416 e. The number of benzene rings is 1. The molecule has 25 heavy (non-hydrogen) atoms. The number of aromatic nitrogens is 2. The lowest BCUT2D eigenvalue weighted by Crippen LogP contribution is -2.40. The van der Waals surface area contributed by atoms with E-state index in [-0.39, 0.29) is 6.04 Å². The third kappa shape index (κ3) is 3.51. The van der Waals surface area contributed by atoms with Gasteiger partial charge in [-0.05, 0) is 45.9 Å². The van der Waals surface area contributed by atoms with Gasteiger partial charge < -0.3 is 4.55 Å². The van der Waals surface area contributed by atoms with Crippen molar-refractivity contribution in [2.24, 2.45) is 0 Å². The molecule has 3 aromatic rings. The van der Waals surface area contributed by atoms with Crippen LogP contribution in [0.25, 0.3) is 15.0 Å². The summed E-state index contributed by atoms with van der Waals surface area (Å²) in [5.41, 5.74) is 0.683. The van der Waals surface area contributed by atoms with Crippen LogP contribution in [-0.4, -0.2) is 18.7 Å². The van der Waals surface area contributed by atoms with Crippen LogP contribution in [0.5, 0.6) is 0 Å². The molecule has 2 heterocycles. The topological polar surface area (TPSA) is 52.4 Å². The van der Waals surface area contributed by atoms with Crippen molar-refractivity contribution in [3.05, 3.63) is 35.8 Å². The van der Waals surface area contributed by atoms with E-state index < -0.39 is 27.8 Å². The lowest BCUT2D eigenvalue weighted by atomic mass is 10.2. The van der Waals surface area contributed by atoms with Gasteiger partial charge in [0.05, 0.1) is 27.5 Å². The van der Waals surface area contributed by atoms with Gasteiger partial charge >= 0.3 is 6.18 Å². The molecule has 0 saturated carbocycles. The van der Waals surface area contributed by atoms with Gasteiger partial charge in [0.2, 0.25) is 0 Å². The summed E-state index contributed by atoms with van der Waals surface area (Å²) < 4.78 is 55.9. The van der Waals surface area contributed by atoms with Crippen LogP contribution >= 0.6 is 11.3 Å². The molecule has 0 spiro atoms. The molecule has 0 amide bonds. The molecule has 4 nitrogen and oxygen atoms in total. The van der Waals surface area contributed by atoms with E-state index in [1.807, 2.05) is 27.7 Å². The number of rotatable bonds is 3. The third-order valence-electron chi connectivity index (χ3n) is 3.75. The molecule has 0 fully saturated rings. The number of imidazole rings is 1. The number of hydrogen-bond acceptors (Lipinski definition) is 4. The summed E-state index contributed by atoms with van der Waals surface area (Å²) in [5, 5.41) is 0. The highest BCUT2D eigenvalue weighted by Gasteiger charge is 2.32. The molecule has 3 rings (SSSR count). The first kappa shape index (κ1) is 18.5. The zero-order chi connectivity index (χ0) is 18.6. The van der Waals surface area contributed by atoms with E-state index in [0.717, 1.165) is 17.0 Å². The Hall–Kier alpha value is -1.29. The average molecular weight is 389 g/mol. The Balaban J connectivity index is 2.00. The number of hydrogen-bond donors (Lipinski definition) is 1. The summed E-state index contributed by atoms with van der Waals surface area (Å²) in [5.74, 6) is 0. The highest BCUT2D eigenvalue weighted by atomic mass is 32.2. The Labute approximate surface area is 150 Å². The molecule has 0 aliphatic heterocycles. The lowest BCUT2D eigenvalue weighted by molar-refractivity contribution is -0.137. The van der Waals surface area contributed by atoms with E-state index in [9.17, 15) is 17.7 Å². The summed E-state index contributed by atoms with van der Waals surface area (Å²) in [4.78, 5) is 5.12. The molecule has 1 aromatic carbocycles. The van der Waals surface area contributed by atoms with Gasteiger partial charge in [-0.1, -0.05) is 0 Å². The fourth-order valence-corrected chi connectivity index (χ4v) is 4.42. The summed E-state index contributed by atoms with van der Waals surface area (Å²) >= 11 is -0.0219. The Bertz CT molecular complexity index is 911. The molecule has 0 radical (unpaired) electrons. The molecule has 0 unspecified atom stereocenters. The van der Waals surface area contributed by atoms with Crippen LogP contribution in [0, 0.1) is 0 Å². The van der Waals surface area contributed by atoms with Crippen molar-refractivity contribution >= 4 is 37.7 Å². The van der Waals surface area contributed by atoms with E-state index in [1.54, 1.807) is 10.7 Å². The second kappa shape index (κ2) is 6.15. The highest BCUT2D eigenvalue weighted by Crippen LogP contribution is 2.36. The van der Waals surface area contributed by atoms with Gasteiger partial charge in [0.1, 0.15) is 15.9 Å². The predicted octanol–water partition coefficient (Wildman–Crippen LogP) is 4.68. The number of nitrogens with zero attached hydrogens (tertiary/aromatic N) is 2. The molecular formula is C16H18F3N3OS2. The van der Waals surface area contributed by atoms with Gasteiger partial charge in [-0.25, -0.2) is 4.98 Å². The molecule has 0 aliphatic rings. The summed E-state index contributed by atoms with van der Waals surface area (Å²) in [6, 6.07) is 3.39. The van der Waals surface area contributed by atoms with Crippen LogP contribution < -0.4 is 4.72 Å². The maximum atomic E-state index is 12.9. The minimum absolute atomic E-state index is 0.291. The number of fused-ring (bicyclic) bond motifs is 3. The van der Waals surface area contributed by atoms with Crippen LogP contribution in [0.3, 0.4) is 0 Å². The van der Waals surface area contributed by atoms with E-state index in [4.69, 9.17) is 0 Å². The first-order chi connectivity index (χ1) is 11.5. The Morgan fingerprint density at radius 3 is 2.56 bits per heavy atom. The number of alkyl halides is 3. The van der Waals surface area contributed by atoms with Crippen LogP contribution in [0.4, 0.5) is 13.2 Å². The van der Waals surface area contributed by atoms with E-state index in [2.05, 4.69) is 9.71 Å². The Morgan fingerprint density at radius 2 is 1.96 bits per heavy atom. The van der Waals surface area contributed by atoms with Gasteiger partial charge in [0.15, 0.2) is 0 Å². The van der Waals surface area contributed by atoms with Crippen molar-refractivity contribution in [3.8, 4) is 0 Å². The predicted molar refractivity (Wildman–Crippen MR) is 95.0 cm³/mol. The molecule has 0 saturated heterocycles. The molecule has 1 N–H and O–H groups in total. The van der Waals surface area contributed by atoms with Crippen LogP contribution in [0.15, 0.2) is 24.5 Å². The zero-order valence-electron chi connectivity index (χ0n) is 14.1. The van der Waals surface area contributed by atoms with Gasteiger partial charge in [-0.3, -0.25) is 4.40 Å². The summed E-state index contributed by atoms with van der Waals surface area (Å²) in [6.45, 7) is 7.44. The fraction of sp³-hybridized carbons (Fsp3) is 0.438. The molecular weight excluding hydrogens is 371 g/mol. The van der Waals surface area contributed by atoms with Crippen molar-refractivity contribution in [3.63, 3.8) is 0 Å². The number of thiazole rings is 1. The number of nitrogens with one attached hydrogen (secondary N) is 1. The first-order valence-electron chi connectivity index (χ1n) is 7.63. The third-order valence-corrected chi connectivity index (χ3v) is 6.58. The molecule has 2 aromatic heterocycles. The first-order valence-corrected chi connectivity index (χ1v) is 9.60. The standard InChI is InChI=1S/C16H18F3N3OS2/c1-9(21-25(23)15(2,3)4)13-14-22(8-20-13)11-6-5-10(16(17,18)19)7-12(11)24-14/h5-9,21H,1-4H3/t9-,25-/m0/s1. The Kier molecular flexibility index (Phi) is 4.55. The van der Waals surface area contributed by atoms with Crippen LogP contribution in [-0.2, 0) is 17.5 Å². The Morgan fingerprint density at radius 1 is 1.28 bits per heavy atom. The lowest BCUT2D eigenvalue weighted by Gasteiger charge is -2.25. The molecule has 2 atom stereocenters. The number of halogens is 3.